The second kappa shape index (κ2) is 7.25. The van der Waals surface area contributed by atoms with Gasteiger partial charge in [-0.2, -0.15) is 0 Å². The molecule has 12 heteroatoms. The van der Waals surface area contributed by atoms with Gasteiger partial charge in [0.05, 0.1) is 24.5 Å². The first-order valence-corrected chi connectivity index (χ1v) is 10.6. The van der Waals surface area contributed by atoms with Crippen molar-refractivity contribution in [3.63, 3.8) is 0 Å². The molecule has 2 aromatic rings. The molecule has 5 rings (SSSR count). The number of rotatable bonds is 5. The molecule has 33 heavy (non-hydrogen) atoms. The number of nitrogens with zero attached hydrogens (tertiary/aromatic N) is 2. The summed E-state index contributed by atoms with van der Waals surface area (Å²) < 4.78 is 12.6. The van der Waals surface area contributed by atoms with Gasteiger partial charge in [-0.25, -0.2) is 4.79 Å². The molecule has 174 valence electrons. The molecule has 11 nitrogen and oxygen atoms in total. The highest BCUT2D eigenvalue weighted by molar-refractivity contribution is 6.62. The van der Waals surface area contributed by atoms with Crippen LogP contribution in [0.4, 0.5) is 0 Å². The van der Waals surface area contributed by atoms with Gasteiger partial charge in [-0.3, -0.25) is 9.59 Å². The predicted molar refractivity (Wildman–Crippen MR) is 113 cm³/mol. The van der Waals surface area contributed by atoms with E-state index in [0.29, 0.717) is 12.0 Å². The maximum atomic E-state index is 12.5. The summed E-state index contributed by atoms with van der Waals surface area (Å²) in [7, 11) is 0. The Morgan fingerprint density at radius 3 is 2.67 bits per heavy atom. The molecule has 0 unspecified atom stereocenters. The third kappa shape index (κ3) is 3.51. The Bertz CT molecular complexity index is 1230. The van der Waals surface area contributed by atoms with Crippen molar-refractivity contribution >= 4 is 18.6 Å². The first-order valence-electron chi connectivity index (χ1n) is 10.6. The van der Waals surface area contributed by atoms with Crippen molar-refractivity contribution in [3.8, 4) is 17.2 Å². The molecular formula is C21H22BN2O9-. The number of carboxylic acid groups (broad SMARTS) is 1. The number of aromatic hydroxyl groups is 1. The molecule has 0 spiro atoms. The van der Waals surface area contributed by atoms with Gasteiger partial charge in [0, 0.05) is 12.3 Å². The van der Waals surface area contributed by atoms with E-state index in [0.717, 1.165) is 0 Å². The number of carbonyl (C=O) groups excluding carboxylic acids is 1. The zero-order valence-electron chi connectivity index (χ0n) is 17.7. The van der Waals surface area contributed by atoms with E-state index >= 15 is 0 Å². The minimum absolute atomic E-state index is 0.0326. The van der Waals surface area contributed by atoms with E-state index in [4.69, 9.17) is 9.39 Å². The van der Waals surface area contributed by atoms with Gasteiger partial charge >= 0.3 is 12.7 Å². The van der Waals surface area contributed by atoms with Crippen LogP contribution in [0.5, 0.6) is 17.2 Å². The molecule has 1 saturated heterocycles. The van der Waals surface area contributed by atoms with E-state index < -0.39 is 35.8 Å². The molecule has 2 aliphatic heterocycles. The van der Waals surface area contributed by atoms with Crippen molar-refractivity contribution < 1.29 is 39.2 Å². The van der Waals surface area contributed by atoms with Crippen molar-refractivity contribution in [2.75, 3.05) is 13.1 Å². The summed E-state index contributed by atoms with van der Waals surface area (Å²) in [6.45, 7) is -1.22. The second-order valence-electron chi connectivity index (χ2n) is 8.83. The standard InChI is InChI=1S/C21H22BN2O9/c1-10-19(27)15(25)4-5-23(10)9-17(26)24-7-11(8-24)32-16-3-2-12-13-6-14(13)22(30,31)33-20(12)18(16)21(28)29/h2-5,11,13-14,27,30-31H,6-9H2,1H3,(H,28,29)/q-1/t13-,14-/m0/s1. The van der Waals surface area contributed by atoms with Crippen LogP contribution >= 0.6 is 0 Å². The number of benzene rings is 1. The Morgan fingerprint density at radius 2 is 1.97 bits per heavy atom. The predicted octanol–water partition coefficient (Wildman–Crippen LogP) is 0.0237. The Kier molecular flexibility index (Phi) is 4.69. The maximum Gasteiger partial charge on any atom is 0.434 e. The normalized spacial score (nSPS) is 22.5. The SMILES string of the molecule is Cc1c(O)c(=O)ccn1CC(=O)N1CC(Oc2ccc3c(c2C(=O)O)O[B-](O)(O)[C@H]2C[C@@H]32)C1. The highest BCUT2D eigenvalue weighted by atomic mass is 16.6. The minimum Gasteiger partial charge on any atom is -0.669 e. The van der Waals surface area contributed by atoms with Gasteiger partial charge < -0.3 is 39.1 Å². The number of ether oxygens (including phenoxy) is 1. The summed E-state index contributed by atoms with van der Waals surface area (Å²) in [5, 5.41) is 39.7. The zero-order valence-corrected chi connectivity index (χ0v) is 17.7. The Balaban J connectivity index is 1.28. The molecule has 0 bridgehead atoms. The van der Waals surface area contributed by atoms with Gasteiger partial charge in [0.15, 0.2) is 5.75 Å². The summed E-state index contributed by atoms with van der Waals surface area (Å²) in [6, 6.07) is 4.40. The van der Waals surface area contributed by atoms with Crippen LogP contribution in [0.2, 0.25) is 5.82 Å². The molecule has 1 aliphatic carbocycles. The fourth-order valence-electron chi connectivity index (χ4n) is 4.59. The largest absolute Gasteiger partial charge is 0.669 e. The molecule has 4 N–H and O–H groups in total. The number of likely N-dealkylation sites (tertiary alicyclic amines) is 1. The lowest BCUT2D eigenvalue weighted by Crippen LogP contribution is -2.57. The summed E-state index contributed by atoms with van der Waals surface area (Å²) in [4.78, 5) is 37.5. The lowest BCUT2D eigenvalue weighted by atomic mass is 9.68. The number of fused-ring (bicyclic) bond motifs is 3. The molecule has 1 aromatic carbocycles. The highest BCUT2D eigenvalue weighted by Crippen LogP contribution is 2.63. The fourth-order valence-corrected chi connectivity index (χ4v) is 4.59. The minimum atomic E-state index is -3.13. The average Bonchev–Trinajstić information content (AvgIpc) is 3.52. The quantitative estimate of drug-likeness (QED) is 0.454. The lowest BCUT2D eigenvalue weighted by molar-refractivity contribution is -0.140. The molecular weight excluding hydrogens is 435 g/mol. The van der Waals surface area contributed by atoms with Crippen molar-refractivity contribution in [2.24, 2.45) is 0 Å². The summed E-state index contributed by atoms with van der Waals surface area (Å²) in [6.07, 6.45) is 1.50. The molecule has 2 atom stereocenters. The number of pyridine rings is 1. The molecule has 1 aromatic heterocycles. The van der Waals surface area contributed by atoms with E-state index in [1.54, 1.807) is 6.07 Å². The Labute approximate surface area is 187 Å². The van der Waals surface area contributed by atoms with Gasteiger partial charge in [-0.05, 0) is 24.5 Å². The van der Waals surface area contributed by atoms with Gasteiger partial charge in [0.2, 0.25) is 11.3 Å². The van der Waals surface area contributed by atoms with Crippen LogP contribution in [0.15, 0.2) is 29.2 Å². The van der Waals surface area contributed by atoms with Crippen LogP contribution in [0.25, 0.3) is 0 Å². The van der Waals surface area contributed by atoms with Crippen molar-refractivity contribution in [2.45, 2.75) is 37.7 Å². The summed E-state index contributed by atoms with van der Waals surface area (Å²) in [5.41, 5.74) is 0.120. The van der Waals surface area contributed by atoms with Gasteiger partial charge in [-0.1, -0.05) is 18.3 Å². The highest BCUT2D eigenvalue weighted by Gasteiger charge is 2.55. The van der Waals surface area contributed by atoms with E-state index in [1.165, 1.54) is 34.7 Å². The molecule has 3 heterocycles. The van der Waals surface area contributed by atoms with E-state index in [9.17, 15) is 34.6 Å². The molecule has 2 fully saturated rings. The fraction of sp³-hybridized carbons (Fsp3) is 0.381. The molecule has 3 aliphatic rings. The molecule has 1 amide bonds. The monoisotopic (exact) mass is 457 g/mol. The smallest absolute Gasteiger partial charge is 0.434 e. The number of carbonyl (C=O) groups is 2. The number of hydrogen-bond acceptors (Lipinski definition) is 8. The van der Waals surface area contributed by atoms with Gasteiger partial charge in [0.1, 0.15) is 24.0 Å². The third-order valence-electron chi connectivity index (χ3n) is 6.66. The third-order valence-corrected chi connectivity index (χ3v) is 6.66. The van der Waals surface area contributed by atoms with Crippen molar-refractivity contribution in [3.05, 3.63) is 51.4 Å². The number of carboxylic acids is 1. The van der Waals surface area contributed by atoms with Gasteiger partial charge in [0.25, 0.3) is 0 Å². The van der Waals surface area contributed by atoms with Crippen LogP contribution in [-0.4, -0.2) is 67.6 Å². The van der Waals surface area contributed by atoms with E-state index in [1.807, 2.05) is 0 Å². The zero-order chi connectivity index (χ0) is 23.7. The van der Waals surface area contributed by atoms with Crippen LogP contribution in [-0.2, 0) is 11.3 Å². The number of hydrogen-bond donors (Lipinski definition) is 4. The first kappa shape index (κ1) is 21.3. The number of aromatic nitrogens is 1. The first-order chi connectivity index (χ1) is 15.6. The van der Waals surface area contributed by atoms with Crippen molar-refractivity contribution in [1.82, 2.24) is 9.47 Å². The topological polar surface area (TPSA) is 159 Å². The summed E-state index contributed by atoms with van der Waals surface area (Å²) >= 11 is 0. The lowest BCUT2D eigenvalue weighted by Gasteiger charge is -2.40. The Morgan fingerprint density at radius 1 is 1.24 bits per heavy atom. The summed E-state index contributed by atoms with van der Waals surface area (Å²) in [5.74, 6) is -2.59. The molecule has 1 saturated carbocycles. The average molecular weight is 457 g/mol. The van der Waals surface area contributed by atoms with Crippen LogP contribution in [0.3, 0.4) is 0 Å². The van der Waals surface area contributed by atoms with Crippen LogP contribution < -0.4 is 14.8 Å². The van der Waals surface area contributed by atoms with Crippen LogP contribution in [0, 0.1) is 6.92 Å². The van der Waals surface area contributed by atoms with Crippen LogP contribution in [0.1, 0.15) is 34.0 Å². The maximum absolute atomic E-state index is 12.5. The second-order valence-corrected chi connectivity index (χ2v) is 8.83. The van der Waals surface area contributed by atoms with Gasteiger partial charge in [-0.15, -0.1) is 0 Å². The molecule has 0 radical (unpaired) electrons. The van der Waals surface area contributed by atoms with E-state index in [2.05, 4.69) is 0 Å². The van der Waals surface area contributed by atoms with E-state index in [-0.39, 0.29) is 54.2 Å². The van der Waals surface area contributed by atoms with Crippen molar-refractivity contribution in [1.29, 1.82) is 0 Å². The Hall–Kier alpha value is -3.51. The number of amides is 1. The number of aromatic carboxylic acids is 1.